The number of hydrogen-bond donors (Lipinski definition) is 0. The summed E-state index contributed by atoms with van der Waals surface area (Å²) in [6.07, 6.45) is 4.21. The molecule has 1 rings (SSSR count). The smallest absolute Gasteiger partial charge is 0.258 e. The average molecular weight is 208 g/mol. The largest absolute Gasteiger partial charge is 0.339 e. The van der Waals surface area contributed by atoms with E-state index in [-0.39, 0.29) is 12.2 Å². The normalized spacial score (nSPS) is 11.7. The van der Waals surface area contributed by atoms with Crippen LogP contribution in [-0.2, 0) is 9.47 Å². The molecule has 1 heterocycles. The van der Waals surface area contributed by atoms with E-state index in [1.807, 2.05) is 39.8 Å². The lowest BCUT2D eigenvalue weighted by atomic mass is 10.2. The van der Waals surface area contributed by atoms with Crippen LogP contribution in [0, 0.1) is 6.29 Å². The highest BCUT2D eigenvalue weighted by Gasteiger charge is 2.18. The van der Waals surface area contributed by atoms with E-state index in [1.165, 1.54) is 0 Å². The van der Waals surface area contributed by atoms with E-state index in [0.717, 1.165) is 5.56 Å². The van der Waals surface area contributed by atoms with Gasteiger partial charge in [0.15, 0.2) is 0 Å². The fourth-order valence-electron chi connectivity index (χ4n) is 1.08. The Morgan fingerprint density at radius 1 is 1.13 bits per heavy atom. The van der Waals surface area contributed by atoms with Crippen LogP contribution in [0.1, 0.15) is 33.3 Å². The first-order valence-corrected chi connectivity index (χ1v) is 5.20. The van der Waals surface area contributed by atoms with Gasteiger partial charge in [0.25, 0.3) is 6.29 Å². The van der Waals surface area contributed by atoms with Crippen LogP contribution in [0.15, 0.2) is 24.5 Å². The molecule has 1 radical (unpaired) electrons. The minimum absolute atomic E-state index is 0.0963. The van der Waals surface area contributed by atoms with Gasteiger partial charge >= 0.3 is 0 Å². The summed E-state index contributed by atoms with van der Waals surface area (Å²) < 4.78 is 11.2. The van der Waals surface area contributed by atoms with E-state index >= 15 is 0 Å². The highest BCUT2D eigenvalue weighted by Crippen LogP contribution is 2.20. The minimum Gasteiger partial charge on any atom is -0.339 e. The summed E-state index contributed by atoms with van der Waals surface area (Å²) in [5.74, 6) is 0. The molecule has 0 spiro atoms. The van der Waals surface area contributed by atoms with E-state index in [2.05, 4.69) is 4.98 Å². The molecule has 0 aromatic carbocycles. The molecule has 1 aromatic rings. The van der Waals surface area contributed by atoms with Crippen molar-refractivity contribution in [1.82, 2.24) is 4.98 Å². The second-order valence-electron chi connectivity index (χ2n) is 3.86. The molecule has 0 fully saturated rings. The fourth-order valence-corrected chi connectivity index (χ4v) is 1.08. The first kappa shape index (κ1) is 12.1. The Balaban J connectivity index is 2.72. The van der Waals surface area contributed by atoms with Crippen LogP contribution < -0.4 is 0 Å². The Morgan fingerprint density at radius 2 is 1.73 bits per heavy atom. The quantitative estimate of drug-likeness (QED) is 0.745. The fraction of sp³-hybridized carbons (Fsp3) is 0.500. The molecule has 0 bridgehead atoms. The van der Waals surface area contributed by atoms with Crippen molar-refractivity contribution in [2.45, 2.75) is 39.9 Å². The van der Waals surface area contributed by atoms with Gasteiger partial charge in [0, 0.05) is 18.0 Å². The molecule has 0 aliphatic heterocycles. The first-order valence-electron chi connectivity index (χ1n) is 5.20. The van der Waals surface area contributed by atoms with Gasteiger partial charge in [-0.15, -0.1) is 0 Å². The summed E-state index contributed by atoms with van der Waals surface area (Å²) in [6, 6.07) is 3.79. The van der Waals surface area contributed by atoms with Crippen LogP contribution in [0.2, 0.25) is 0 Å². The van der Waals surface area contributed by atoms with Gasteiger partial charge in [-0.25, -0.2) is 0 Å². The average Bonchev–Trinajstić information content (AvgIpc) is 2.17. The third kappa shape index (κ3) is 4.40. The molecule has 0 saturated heterocycles. The lowest BCUT2D eigenvalue weighted by Gasteiger charge is -2.20. The van der Waals surface area contributed by atoms with Crippen LogP contribution in [0.25, 0.3) is 0 Å². The van der Waals surface area contributed by atoms with Crippen molar-refractivity contribution < 1.29 is 9.47 Å². The third-order valence-corrected chi connectivity index (χ3v) is 1.58. The first-order chi connectivity index (χ1) is 7.09. The minimum atomic E-state index is 0.0963. The second-order valence-corrected chi connectivity index (χ2v) is 3.86. The van der Waals surface area contributed by atoms with Gasteiger partial charge in [-0.2, -0.15) is 0 Å². The Labute approximate surface area is 91.4 Å². The highest BCUT2D eigenvalue weighted by molar-refractivity contribution is 5.19. The Bertz CT molecular complexity index is 262. The molecular formula is C12H18NO2. The topological polar surface area (TPSA) is 31.4 Å². The molecule has 0 aliphatic rings. The molecule has 3 heteroatoms. The van der Waals surface area contributed by atoms with Gasteiger partial charge in [0.1, 0.15) is 0 Å². The standard InChI is InChI=1S/C12H18NO2/c1-9(2)14-12(15-10(3)4)11-6-5-7-13-8-11/h5-10H,1-4H3. The molecule has 3 nitrogen and oxygen atoms in total. The zero-order valence-corrected chi connectivity index (χ0v) is 9.73. The maximum absolute atomic E-state index is 5.60. The van der Waals surface area contributed by atoms with Gasteiger partial charge in [0.2, 0.25) is 0 Å². The van der Waals surface area contributed by atoms with E-state index < -0.39 is 0 Å². The number of aromatic nitrogens is 1. The maximum Gasteiger partial charge on any atom is 0.258 e. The number of pyridine rings is 1. The summed E-state index contributed by atoms with van der Waals surface area (Å²) in [5, 5.41) is 0. The summed E-state index contributed by atoms with van der Waals surface area (Å²) in [7, 11) is 0. The van der Waals surface area contributed by atoms with Crippen LogP contribution >= 0.6 is 0 Å². The highest BCUT2D eigenvalue weighted by atomic mass is 16.7. The maximum atomic E-state index is 5.60. The van der Waals surface area contributed by atoms with Crippen molar-refractivity contribution >= 4 is 0 Å². The van der Waals surface area contributed by atoms with Crippen LogP contribution in [0.4, 0.5) is 0 Å². The lowest BCUT2D eigenvalue weighted by Crippen LogP contribution is -2.18. The lowest BCUT2D eigenvalue weighted by molar-refractivity contribution is -0.0730. The zero-order valence-electron chi connectivity index (χ0n) is 9.73. The van der Waals surface area contributed by atoms with Gasteiger partial charge in [-0.1, -0.05) is 6.07 Å². The van der Waals surface area contributed by atoms with Crippen LogP contribution in [0.5, 0.6) is 0 Å². The van der Waals surface area contributed by atoms with E-state index in [4.69, 9.17) is 9.47 Å². The molecule has 0 amide bonds. The van der Waals surface area contributed by atoms with Crippen molar-refractivity contribution in [3.63, 3.8) is 0 Å². The van der Waals surface area contributed by atoms with Gasteiger partial charge in [0.05, 0.1) is 12.2 Å². The Morgan fingerprint density at radius 3 is 2.13 bits per heavy atom. The van der Waals surface area contributed by atoms with Crippen molar-refractivity contribution in [3.05, 3.63) is 36.4 Å². The molecule has 0 aliphatic carbocycles. The van der Waals surface area contributed by atoms with Crippen molar-refractivity contribution in [3.8, 4) is 0 Å². The predicted molar refractivity (Wildman–Crippen MR) is 59.0 cm³/mol. The Hall–Kier alpha value is -0.930. The monoisotopic (exact) mass is 208 g/mol. The third-order valence-electron chi connectivity index (χ3n) is 1.58. The van der Waals surface area contributed by atoms with Crippen LogP contribution in [-0.4, -0.2) is 17.2 Å². The van der Waals surface area contributed by atoms with Gasteiger partial charge in [-0.3, -0.25) is 4.98 Å². The summed E-state index contributed by atoms with van der Waals surface area (Å²) in [5.41, 5.74) is 0.875. The molecule has 83 valence electrons. The van der Waals surface area contributed by atoms with Crippen LogP contribution in [0.3, 0.4) is 0 Å². The van der Waals surface area contributed by atoms with Crippen molar-refractivity contribution in [2.75, 3.05) is 0 Å². The summed E-state index contributed by atoms with van der Waals surface area (Å²) in [6.45, 7) is 7.89. The molecule has 0 saturated carbocycles. The SMILES string of the molecule is CC(C)O[C](OC(C)C)c1cccnc1. The summed E-state index contributed by atoms with van der Waals surface area (Å²) >= 11 is 0. The number of nitrogens with zero attached hydrogens (tertiary/aromatic N) is 1. The van der Waals surface area contributed by atoms with Crippen molar-refractivity contribution in [1.29, 1.82) is 0 Å². The predicted octanol–water partition coefficient (Wildman–Crippen LogP) is 2.77. The molecule has 0 unspecified atom stereocenters. The molecule has 1 aromatic heterocycles. The number of ether oxygens (including phenoxy) is 2. The molecule has 0 N–H and O–H groups in total. The molecular weight excluding hydrogens is 190 g/mol. The summed E-state index contributed by atoms with van der Waals surface area (Å²) in [4.78, 5) is 4.04. The van der Waals surface area contributed by atoms with Gasteiger partial charge in [-0.05, 0) is 33.8 Å². The van der Waals surface area contributed by atoms with E-state index in [1.54, 1.807) is 12.4 Å². The number of hydrogen-bond acceptors (Lipinski definition) is 3. The van der Waals surface area contributed by atoms with E-state index in [0.29, 0.717) is 6.29 Å². The van der Waals surface area contributed by atoms with Gasteiger partial charge < -0.3 is 9.47 Å². The number of rotatable bonds is 5. The second kappa shape index (κ2) is 5.83. The van der Waals surface area contributed by atoms with Crippen molar-refractivity contribution in [2.24, 2.45) is 0 Å². The Kier molecular flexibility index (Phi) is 4.72. The molecule has 15 heavy (non-hydrogen) atoms. The molecule has 0 atom stereocenters. The zero-order chi connectivity index (χ0) is 11.3. The van der Waals surface area contributed by atoms with E-state index in [9.17, 15) is 0 Å².